The van der Waals surface area contributed by atoms with Crippen LogP contribution in [0.2, 0.25) is 0 Å². The molecule has 0 radical (unpaired) electrons. The number of carbonyl (C=O) groups excluding carboxylic acids is 2. The average molecular weight is 818 g/mol. The van der Waals surface area contributed by atoms with E-state index < -0.39 is 32.5 Å². The zero-order valence-corrected chi connectivity index (χ0v) is 38.5. The Morgan fingerprint density at radius 3 is 1.14 bits per heavy atom. The van der Waals surface area contributed by atoms with Crippen LogP contribution < -0.4 is 4.89 Å². The lowest BCUT2D eigenvalue weighted by Gasteiger charge is -2.28. The molecule has 0 aromatic carbocycles. The quantitative estimate of drug-likeness (QED) is 0.0259. The molecule has 0 aliphatic rings. The molecular weight excluding hydrogens is 725 g/mol. The Labute approximate surface area is 346 Å². The number of unbranched alkanes of at least 4 members (excludes halogenated alkanes) is 32. The van der Waals surface area contributed by atoms with Gasteiger partial charge in [-0.15, -0.1) is 0 Å². The van der Waals surface area contributed by atoms with Gasteiger partial charge < -0.3 is 27.9 Å². The van der Waals surface area contributed by atoms with Gasteiger partial charge in [0.2, 0.25) is 0 Å². The van der Waals surface area contributed by atoms with Gasteiger partial charge in [-0.3, -0.25) is 14.2 Å². The summed E-state index contributed by atoms with van der Waals surface area (Å²) in [4.78, 5) is 35.7. The summed E-state index contributed by atoms with van der Waals surface area (Å²) in [6.45, 7) is 3.20. The van der Waals surface area contributed by atoms with Crippen LogP contribution >= 0.6 is 7.82 Å². The summed E-state index contributed by atoms with van der Waals surface area (Å²) in [5.41, 5.74) is 0. The normalized spacial score (nSPS) is 13.5. The van der Waals surface area contributed by atoms with Crippen LogP contribution in [0.4, 0.5) is 0 Å². The van der Waals surface area contributed by atoms with Crippen molar-refractivity contribution in [3.8, 4) is 0 Å². The first-order valence-electron chi connectivity index (χ1n) is 23.7. The Balaban J connectivity index is 3.46. The minimum atomic E-state index is -4.57. The predicted octanol–water partition coefficient (Wildman–Crippen LogP) is 13.0. The third kappa shape index (κ3) is 44.1. The summed E-state index contributed by atoms with van der Waals surface area (Å²) >= 11 is 0. The van der Waals surface area contributed by atoms with Crippen molar-refractivity contribution in [3.05, 3.63) is 0 Å². The van der Waals surface area contributed by atoms with E-state index in [1.165, 1.54) is 200 Å². The van der Waals surface area contributed by atoms with Gasteiger partial charge in [-0.1, -0.05) is 212 Å². The summed E-state index contributed by atoms with van der Waals surface area (Å²) in [6, 6.07) is 0. The summed E-state index contributed by atoms with van der Waals surface area (Å²) in [5, 5.41) is 0. The van der Waals surface area contributed by atoms with Crippen LogP contribution in [0.25, 0.3) is 0 Å². The van der Waals surface area contributed by atoms with Crippen molar-refractivity contribution in [1.29, 1.82) is 0 Å². The number of quaternary nitrogens is 1. The monoisotopic (exact) mass is 818 g/mol. The SMILES string of the molecule is CCCCCCCCCCCCCCCCCCCCCCCCCCCCCCCCCCCC(=O)OC[C@H](COP(=O)([O-])OCC[N+](C)(C)C)OC(C)=O. The van der Waals surface area contributed by atoms with Gasteiger partial charge in [0.15, 0.2) is 6.10 Å². The average Bonchev–Trinajstić information content (AvgIpc) is 3.14. The molecule has 10 heteroatoms. The molecule has 0 amide bonds. The molecule has 0 saturated carbocycles. The van der Waals surface area contributed by atoms with Crippen molar-refractivity contribution in [2.75, 3.05) is 47.5 Å². The minimum Gasteiger partial charge on any atom is -0.756 e. The molecule has 9 nitrogen and oxygen atoms in total. The van der Waals surface area contributed by atoms with Crippen molar-refractivity contribution in [2.24, 2.45) is 0 Å². The van der Waals surface area contributed by atoms with Crippen molar-refractivity contribution < 1.29 is 42.1 Å². The first kappa shape index (κ1) is 55.0. The molecule has 2 atom stereocenters. The van der Waals surface area contributed by atoms with E-state index in [9.17, 15) is 19.0 Å². The molecule has 0 aromatic rings. The summed E-state index contributed by atoms with van der Waals surface area (Å²) in [5.74, 6) is -1.01. The van der Waals surface area contributed by atoms with Gasteiger partial charge in [-0.2, -0.15) is 0 Å². The number of esters is 2. The van der Waals surface area contributed by atoms with Crippen LogP contribution in [0.1, 0.15) is 232 Å². The topological polar surface area (TPSA) is 111 Å². The van der Waals surface area contributed by atoms with E-state index in [2.05, 4.69) is 6.92 Å². The van der Waals surface area contributed by atoms with E-state index in [4.69, 9.17) is 18.5 Å². The number of carbonyl (C=O) groups is 2. The largest absolute Gasteiger partial charge is 0.756 e. The van der Waals surface area contributed by atoms with Crippen molar-refractivity contribution in [1.82, 2.24) is 0 Å². The second-order valence-electron chi connectivity index (χ2n) is 17.6. The number of nitrogens with zero attached hydrogens (tertiary/aromatic N) is 1. The number of phosphoric ester groups is 1. The van der Waals surface area contributed by atoms with Gasteiger partial charge in [-0.25, -0.2) is 0 Å². The molecule has 0 saturated heterocycles. The highest BCUT2D eigenvalue weighted by Gasteiger charge is 2.20. The molecule has 0 bridgehead atoms. The zero-order chi connectivity index (χ0) is 41.4. The molecular formula is C46H92NO8P. The highest BCUT2D eigenvalue weighted by Crippen LogP contribution is 2.38. The summed E-state index contributed by atoms with van der Waals surface area (Å²) < 4.78 is 32.6. The maximum Gasteiger partial charge on any atom is 0.305 e. The number of hydrogen-bond donors (Lipinski definition) is 0. The first-order chi connectivity index (χ1) is 26.9. The van der Waals surface area contributed by atoms with Crippen molar-refractivity contribution in [2.45, 2.75) is 238 Å². The number of rotatable bonds is 44. The van der Waals surface area contributed by atoms with Crippen LogP contribution in [0.3, 0.4) is 0 Å². The van der Waals surface area contributed by atoms with Crippen LogP contribution in [0.5, 0.6) is 0 Å². The molecule has 0 aliphatic carbocycles. The predicted molar refractivity (Wildman–Crippen MR) is 232 cm³/mol. The smallest absolute Gasteiger partial charge is 0.305 e. The molecule has 0 N–H and O–H groups in total. The van der Waals surface area contributed by atoms with E-state index in [1.807, 2.05) is 21.1 Å². The highest BCUT2D eigenvalue weighted by molar-refractivity contribution is 7.45. The summed E-state index contributed by atoms with van der Waals surface area (Å²) in [7, 11) is 1.17. The third-order valence-corrected chi connectivity index (χ3v) is 11.6. The standard InChI is InChI=1S/C46H92NO8P/c1-6-7-8-9-10-11-12-13-14-15-16-17-18-19-20-21-22-23-24-25-26-27-28-29-30-31-32-33-34-35-36-37-38-39-46(49)52-42-45(55-44(2)48)43-54-56(50,51)53-41-40-47(3,4)5/h45H,6-43H2,1-5H3/t45-/m1/s1. The Morgan fingerprint density at radius 1 is 0.518 bits per heavy atom. The fraction of sp³-hybridized carbons (Fsp3) is 0.957. The van der Waals surface area contributed by atoms with Gasteiger partial charge in [0.1, 0.15) is 19.8 Å². The Hall–Kier alpha value is -0.990. The molecule has 0 aliphatic heterocycles. The molecule has 0 heterocycles. The van der Waals surface area contributed by atoms with Gasteiger partial charge in [0.25, 0.3) is 7.82 Å². The van der Waals surface area contributed by atoms with Crippen LogP contribution in [-0.2, 0) is 32.7 Å². The lowest BCUT2D eigenvalue weighted by molar-refractivity contribution is -0.870. The molecule has 56 heavy (non-hydrogen) atoms. The van der Waals surface area contributed by atoms with E-state index in [1.54, 1.807) is 0 Å². The number of hydrogen-bond acceptors (Lipinski definition) is 8. The Bertz CT molecular complexity index is 927. The Morgan fingerprint density at radius 2 is 0.839 bits per heavy atom. The fourth-order valence-corrected chi connectivity index (χ4v) is 7.80. The third-order valence-electron chi connectivity index (χ3n) is 10.7. The molecule has 0 fully saturated rings. The fourth-order valence-electron chi connectivity index (χ4n) is 7.07. The van der Waals surface area contributed by atoms with Gasteiger partial charge >= 0.3 is 11.9 Å². The number of likely N-dealkylation sites (N-methyl/N-ethyl adjacent to an activating group) is 1. The zero-order valence-electron chi connectivity index (χ0n) is 37.6. The second kappa shape index (κ2) is 39.5. The number of phosphoric acid groups is 1. The van der Waals surface area contributed by atoms with E-state index in [-0.39, 0.29) is 19.6 Å². The lowest BCUT2D eigenvalue weighted by Crippen LogP contribution is -2.37. The molecule has 0 spiro atoms. The van der Waals surface area contributed by atoms with Crippen molar-refractivity contribution >= 4 is 19.8 Å². The van der Waals surface area contributed by atoms with Crippen LogP contribution in [0.15, 0.2) is 0 Å². The molecule has 1 unspecified atom stereocenters. The maximum absolute atomic E-state index is 12.2. The lowest BCUT2D eigenvalue weighted by atomic mass is 10.0. The van der Waals surface area contributed by atoms with E-state index in [0.717, 1.165) is 19.3 Å². The minimum absolute atomic E-state index is 0.0305. The Kier molecular flexibility index (Phi) is 38.8. The molecule has 0 rings (SSSR count). The molecule has 334 valence electrons. The van der Waals surface area contributed by atoms with E-state index >= 15 is 0 Å². The highest BCUT2D eigenvalue weighted by atomic mass is 31.2. The first-order valence-corrected chi connectivity index (χ1v) is 25.1. The van der Waals surface area contributed by atoms with Crippen LogP contribution in [-0.4, -0.2) is 70.0 Å². The number of ether oxygens (including phenoxy) is 2. The van der Waals surface area contributed by atoms with Crippen molar-refractivity contribution in [3.63, 3.8) is 0 Å². The van der Waals surface area contributed by atoms with Gasteiger partial charge in [0, 0.05) is 13.3 Å². The van der Waals surface area contributed by atoms with Crippen LogP contribution in [0, 0.1) is 0 Å². The van der Waals surface area contributed by atoms with Gasteiger partial charge in [-0.05, 0) is 6.42 Å². The second-order valence-corrected chi connectivity index (χ2v) is 19.0. The molecule has 0 aromatic heterocycles. The summed E-state index contributed by atoms with van der Waals surface area (Å²) in [6.07, 6.45) is 44.4. The maximum atomic E-state index is 12.2. The van der Waals surface area contributed by atoms with Gasteiger partial charge in [0.05, 0.1) is 27.7 Å². The van der Waals surface area contributed by atoms with E-state index in [0.29, 0.717) is 11.0 Å².